The Labute approximate surface area is 99.1 Å². The molecule has 0 aliphatic carbocycles. The van der Waals surface area contributed by atoms with E-state index in [2.05, 4.69) is 19.1 Å². The second-order valence-corrected chi connectivity index (χ2v) is 4.64. The van der Waals surface area contributed by atoms with Crippen LogP contribution in [0, 0.1) is 0 Å². The molecule has 96 valence electrons. The van der Waals surface area contributed by atoms with Gasteiger partial charge >= 0.3 is 0 Å². The Morgan fingerprint density at radius 3 is 2.00 bits per heavy atom. The molecule has 0 bridgehead atoms. The first-order valence-electron chi connectivity index (χ1n) is 6.59. The molecule has 0 aromatic carbocycles. The first-order chi connectivity index (χ1) is 7.56. The minimum atomic E-state index is -2.47. The zero-order chi connectivity index (χ0) is 12.3. The van der Waals surface area contributed by atoms with Crippen LogP contribution in [0.25, 0.3) is 0 Å². The van der Waals surface area contributed by atoms with Crippen molar-refractivity contribution < 1.29 is 8.78 Å². The highest BCUT2D eigenvalue weighted by molar-refractivity contribution is 4.81. The van der Waals surface area contributed by atoms with Gasteiger partial charge in [0.2, 0.25) is 5.92 Å². The van der Waals surface area contributed by atoms with E-state index in [4.69, 9.17) is 0 Å². The Bertz CT molecular complexity index is 168. The highest BCUT2D eigenvalue weighted by Gasteiger charge is 2.19. The van der Waals surface area contributed by atoms with Gasteiger partial charge < -0.3 is 0 Å². The van der Waals surface area contributed by atoms with Crippen molar-refractivity contribution in [3.05, 3.63) is 12.2 Å². The van der Waals surface area contributed by atoms with Gasteiger partial charge in [-0.2, -0.15) is 0 Å². The second kappa shape index (κ2) is 9.80. The van der Waals surface area contributed by atoms with Gasteiger partial charge in [-0.15, -0.1) is 0 Å². The van der Waals surface area contributed by atoms with Gasteiger partial charge in [-0.25, -0.2) is 8.78 Å². The first kappa shape index (κ1) is 15.6. The van der Waals surface area contributed by atoms with Gasteiger partial charge in [0.1, 0.15) is 0 Å². The summed E-state index contributed by atoms with van der Waals surface area (Å²) >= 11 is 0. The molecule has 16 heavy (non-hydrogen) atoms. The van der Waals surface area contributed by atoms with Gasteiger partial charge in [-0.1, -0.05) is 44.8 Å². The van der Waals surface area contributed by atoms with Gasteiger partial charge in [0.25, 0.3) is 0 Å². The van der Waals surface area contributed by atoms with Crippen LogP contribution in [0.5, 0.6) is 0 Å². The average Bonchev–Trinajstić information content (AvgIpc) is 2.19. The lowest BCUT2D eigenvalue weighted by Crippen LogP contribution is -2.08. The summed E-state index contributed by atoms with van der Waals surface area (Å²) in [7, 11) is 0. The zero-order valence-corrected chi connectivity index (χ0v) is 10.8. The van der Waals surface area contributed by atoms with Crippen molar-refractivity contribution in [2.75, 3.05) is 0 Å². The van der Waals surface area contributed by atoms with E-state index in [-0.39, 0.29) is 6.42 Å². The molecule has 0 nitrogen and oxygen atoms in total. The van der Waals surface area contributed by atoms with Crippen LogP contribution < -0.4 is 0 Å². The molecule has 0 aromatic rings. The molecule has 0 N–H and O–H groups in total. The molecule has 0 saturated carbocycles. The molecule has 0 amide bonds. The van der Waals surface area contributed by atoms with E-state index in [1.54, 1.807) is 0 Å². The van der Waals surface area contributed by atoms with Crippen LogP contribution in [-0.2, 0) is 0 Å². The third-order valence-corrected chi connectivity index (χ3v) is 2.63. The third-order valence-electron chi connectivity index (χ3n) is 2.63. The molecule has 0 saturated heterocycles. The maximum Gasteiger partial charge on any atom is 0.245 e. The normalized spacial score (nSPS) is 12.5. The van der Waals surface area contributed by atoms with Crippen LogP contribution in [0.3, 0.4) is 0 Å². The Morgan fingerprint density at radius 1 is 0.875 bits per heavy atom. The van der Waals surface area contributed by atoms with E-state index in [9.17, 15) is 8.78 Å². The van der Waals surface area contributed by atoms with Gasteiger partial charge in [-0.3, -0.25) is 0 Å². The third kappa shape index (κ3) is 13.6. The number of alkyl halides is 2. The van der Waals surface area contributed by atoms with Crippen LogP contribution in [0.15, 0.2) is 12.2 Å². The number of rotatable bonds is 10. The molecule has 0 unspecified atom stereocenters. The van der Waals surface area contributed by atoms with Crippen LogP contribution in [-0.4, -0.2) is 5.92 Å². The summed E-state index contributed by atoms with van der Waals surface area (Å²) in [5.74, 6) is -2.47. The maximum atomic E-state index is 12.5. The topological polar surface area (TPSA) is 0 Å². The van der Waals surface area contributed by atoms with Crippen LogP contribution in [0.4, 0.5) is 8.78 Å². The Morgan fingerprint density at radius 2 is 1.44 bits per heavy atom. The summed E-state index contributed by atoms with van der Waals surface area (Å²) in [5, 5.41) is 0. The van der Waals surface area contributed by atoms with E-state index in [1.165, 1.54) is 19.3 Å². The number of hydrogen-bond donors (Lipinski definition) is 0. The molecule has 0 spiro atoms. The fourth-order valence-electron chi connectivity index (χ4n) is 1.61. The highest BCUT2D eigenvalue weighted by Crippen LogP contribution is 2.20. The Hall–Kier alpha value is -0.400. The van der Waals surface area contributed by atoms with Crippen molar-refractivity contribution in [2.24, 2.45) is 0 Å². The molecule has 0 aliphatic heterocycles. The van der Waals surface area contributed by atoms with E-state index in [0.717, 1.165) is 32.6 Å². The summed E-state index contributed by atoms with van der Waals surface area (Å²) < 4.78 is 24.9. The monoisotopic (exact) mass is 232 g/mol. The molecule has 0 heterocycles. The molecule has 0 rings (SSSR count). The molecule has 0 aromatic heterocycles. The number of allylic oxidation sites excluding steroid dienone is 2. The SMILES string of the molecule is CCCC/C=C\CCCCCCC(C)(F)F. The molecule has 0 fully saturated rings. The quantitative estimate of drug-likeness (QED) is 0.333. The summed E-state index contributed by atoms with van der Waals surface area (Å²) in [6.45, 7) is 3.20. The van der Waals surface area contributed by atoms with E-state index in [0.29, 0.717) is 6.42 Å². The predicted molar refractivity (Wildman–Crippen MR) is 67.0 cm³/mol. The average molecular weight is 232 g/mol. The van der Waals surface area contributed by atoms with E-state index >= 15 is 0 Å². The largest absolute Gasteiger partial charge is 0.245 e. The summed E-state index contributed by atoms with van der Waals surface area (Å²) in [6.07, 6.45) is 13.1. The van der Waals surface area contributed by atoms with Gasteiger partial charge in [0.15, 0.2) is 0 Å². The van der Waals surface area contributed by atoms with Crippen molar-refractivity contribution in [3.63, 3.8) is 0 Å². The Kier molecular flexibility index (Phi) is 9.55. The molecule has 2 heteroatoms. The standard InChI is InChI=1S/C14H26F2/c1-3-4-5-6-7-8-9-10-11-12-13-14(2,15)16/h6-7H,3-5,8-13H2,1-2H3/b7-6-. The van der Waals surface area contributed by atoms with Gasteiger partial charge in [0, 0.05) is 6.42 Å². The first-order valence-corrected chi connectivity index (χ1v) is 6.59. The van der Waals surface area contributed by atoms with Crippen LogP contribution >= 0.6 is 0 Å². The van der Waals surface area contributed by atoms with Crippen molar-refractivity contribution in [3.8, 4) is 0 Å². The molecule has 0 atom stereocenters. The minimum Gasteiger partial charge on any atom is -0.207 e. The maximum absolute atomic E-state index is 12.5. The summed E-state index contributed by atoms with van der Waals surface area (Å²) in [5.41, 5.74) is 0. The van der Waals surface area contributed by atoms with Crippen molar-refractivity contribution >= 4 is 0 Å². The summed E-state index contributed by atoms with van der Waals surface area (Å²) in [6, 6.07) is 0. The molecule has 0 radical (unpaired) electrons. The predicted octanol–water partition coefficient (Wildman–Crippen LogP) is 5.73. The van der Waals surface area contributed by atoms with Gasteiger partial charge in [-0.05, 0) is 32.6 Å². The fraction of sp³-hybridized carbons (Fsp3) is 0.857. The lowest BCUT2D eigenvalue weighted by Gasteiger charge is -2.08. The Balaban J connectivity index is 3.13. The highest BCUT2D eigenvalue weighted by atomic mass is 19.3. The minimum absolute atomic E-state index is 0.0410. The molecular weight excluding hydrogens is 206 g/mol. The van der Waals surface area contributed by atoms with E-state index < -0.39 is 5.92 Å². The molecule has 0 aliphatic rings. The zero-order valence-electron chi connectivity index (χ0n) is 10.8. The number of halogens is 2. The lowest BCUT2D eigenvalue weighted by atomic mass is 10.1. The smallest absolute Gasteiger partial charge is 0.207 e. The van der Waals surface area contributed by atoms with E-state index in [1.807, 2.05) is 0 Å². The van der Waals surface area contributed by atoms with Crippen molar-refractivity contribution in [1.29, 1.82) is 0 Å². The van der Waals surface area contributed by atoms with Crippen molar-refractivity contribution in [1.82, 2.24) is 0 Å². The van der Waals surface area contributed by atoms with Crippen LogP contribution in [0.2, 0.25) is 0 Å². The second-order valence-electron chi connectivity index (χ2n) is 4.64. The number of unbranched alkanes of at least 4 members (excludes halogenated alkanes) is 6. The molecular formula is C14H26F2. The van der Waals surface area contributed by atoms with Crippen LogP contribution in [0.1, 0.15) is 71.6 Å². The lowest BCUT2D eigenvalue weighted by molar-refractivity contribution is 0.0104. The van der Waals surface area contributed by atoms with Crippen molar-refractivity contribution in [2.45, 2.75) is 77.6 Å². The summed E-state index contributed by atoms with van der Waals surface area (Å²) in [4.78, 5) is 0. The number of hydrogen-bond acceptors (Lipinski definition) is 0. The fourth-order valence-corrected chi connectivity index (χ4v) is 1.61. The van der Waals surface area contributed by atoms with Gasteiger partial charge in [0.05, 0.1) is 0 Å².